The van der Waals surface area contributed by atoms with Crippen LogP contribution in [0.1, 0.15) is 10.4 Å². The number of nitrogens with two attached hydrogens (primary N) is 1. The summed E-state index contributed by atoms with van der Waals surface area (Å²) >= 11 is 5.99. The number of carbonyl (C=O) groups excluding carboxylic acids is 1. The molecule has 2 aromatic rings. The summed E-state index contributed by atoms with van der Waals surface area (Å²) in [6.45, 7) is 0. The molecule has 0 radical (unpaired) electrons. The molecule has 0 aliphatic heterocycles. The van der Waals surface area contributed by atoms with Gasteiger partial charge in [0.15, 0.2) is 0 Å². The van der Waals surface area contributed by atoms with Gasteiger partial charge < -0.3 is 15.5 Å². The van der Waals surface area contributed by atoms with E-state index in [0.29, 0.717) is 27.8 Å². The number of ether oxygens (including phenoxy) is 1. The second-order valence-corrected chi connectivity index (χ2v) is 4.28. The Labute approximate surface area is 120 Å². The van der Waals surface area contributed by atoms with E-state index in [9.17, 15) is 4.79 Å². The molecule has 0 saturated heterocycles. The van der Waals surface area contributed by atoms with Gasteiger partial charge in [0.05, 0.1) is 12.1 Å². The lowest BCUT2D eigenvalue weighted by molar-refractivity contribution is 0.102. The molecule has 4 N–H and O–H groups in total. The Bertz CT molecular complexity index is 634. The van der Waals surface area contributed by atoms with Crippen molar-refractivity contribution in [3.05, 3.63) is 47.1 Å². The third-order valence-corrected chi connectivity index (χ3v) is 2.88. The molecular weight excluding hydrogens is 280 g/mol. The predicted octanol–water partition coefficient (Wildman–Crippen LogP) is 2.28. The molecule has 104 valence electrons. The summed E-state index contributed by atoms with van der Waals surface area (Å²) in [7, 11) is 1.53. The average Bonchev–Trinajstić information content (AvgIpc) is 2.47. The minimum Gasteiger partial charge on any atom is -0.495 e. The number of benzene rings is 1. The zero-order valence-electron chi connectivity index (χ0n) is 10.7. The number of carbonyl (C=O) groups is 1. The van der Waals surface area contributed by atoms with Crippen LogP contribution in [0.5, 0.6) is 5.75 Å². The Morgan fingerprint density at radius 2 is 2.15 bits per heavy atom. The van der Waals surface area contributed by atoms with Crippen LogP contribution in [-0.4, -0.2) is 18.0 Å². The zero-order valence-corrected chi connectivity index (χ0v) is 11.4. The second-order valence-electron chi connectivity index (χ2n) is 3.88. The maximum Gasteiger partial charge on any atom is 0.255 e. The van der Waals surface area contributed by atoms with Crippen molar-refractivity contribution in [1.82, 2.24) is 4.98 Å². The van der Waals surface area contributed by atoms with Crippen LogP contribution < -0.4 is 21.3 Å². The molecular formula is C13H13ClN4O2. The van der Waals surface area contributed by atoms with Gasteiger partial charge in [0, 0.05) is 17.4 Å². The van der Waals surface area contributed by atoms with Gasteiger partial charge >= 0.3 is 0 Å². The van der Waals surface area contributed by atoms with Gasteiger partial charge in [-0.3, -0.25) is 4.79 Å². The maximum atomic E-state index is 12.1. The fourth-order valence-electron chi connectivity index (χ4n) is 1.60. The number of nitrogens with one attached hydrogen (secondary N) is 2. The minimum atomic E-state index is -0.287. The number of aromatic nitrogens is 1. The third-order valence-electron chi connectivity index (χ3n) is 2.58. The highest BCUT2D eigenvalue weighted by Crippen LogP contribution is 2.27. The summed E-state index contributed by atoms with van der Waals surface area (Å²) in [6.07, 6.45) is 1.49. The first-order valence-corrected chi connectivity index (χ1v) is 6.09. The SMILES string of the molecule is COc1ccc(NC(=O)c2ccnc(NN)c2)cc1Cl. The van der Waals surface area contributed by atoms with E-state index < -0.39 is 0 Å². The molecule has 0 aliphatic rings. The molecule has 1 aromatic heterocycles. The van der Waals surface area contributed by atoms with Gasteiger partial charge in [-0.1, -0.05) is 11.6 Å². The minimum absolute atomic E-state index is 0.287. The summed E-state index contributed by atoms with van der Waals surface area (Å²) in [5.74, 6) is 5.91. The summed E-state index contributed by atoms with van der Waals surface area (Å²) in [5, 5.41) is 3.15. The second kappa shape index (κ2) is 6.23. The number of amides is 1. The molecule has 7 heteroatoms. The summed E-state index contributed by atoms with van der Waals surface area (Å²) in [4.78, 5) is 16.0. The monoisotopic (exact) mass is 292 g/mol. The molecule has 6 nitrogen and oxygen atoms in total. The normalized spacial score (nSPS) is 9.95. The number of anilines is 2. The van der Waals surface area contributed by atoms with Gasteiger partial charge in [0.2, 0.25) is 0 Å². The molecule has 2 rings (SSSR count). The Morgan fingerprint density at radius 1 is 1.35 bits per heavy atom. The lowest BCUT2D eigenvalue weighted by atomic mass is 10.2. The standard InChI is InChI=1S/C13H13ClN4O2/c1-20-11-3-2-9(7-10(11)14)17-13(19)8-4-5-16-12(6-8)18-15/h2-7H,15H2,1H3,(H,16,18)(H,17,19). The van der Waals surface area contributed by atoms with E-state index in [4.69, 9.17) is 22.2 Å². The molecule has 0 fully saturated rings. The molecule has 0 aliphatic carbocycles. The number of nitrogens with zero attached hydrogens (tertiary/aromatic N) is 1. The fourth-order valence-corrected chi connectivity index (χ4v) is 1.86. The molecule has 1 aromatic carbocycles. The van der Waals surface area contributed by atoms with E-state index in [0.717, 1.165) is 0 Å². The predicted molar refractivity (Wildman–Crippen MR) is 78.0 cm³/mol. The van der Waals surface area contributed by atoms with Crippen LogP contribution in [0.15, 0.2) is 36.5 Å². The first-order valence-electron chi connectivity index (χ1n) is 5.71. The van der Waals surface area contributed by atoms with Crippen molar-refractivity contribution in [2.45, 2.75) is 0 Å². The van der Waals surface area contributed by atoms with Gasteiger partial charge in [-0.2, -0.15) is 0 Å². The van der Waals surface area contributed by atoms with Crippen molar-refractivity contribution in [1.29, 1.82) is 0 Å². The first-order chi connectivity index (χ1) is 9.63. The number of pyridine rings is 1. The van der Waals surface area contributed by atoms with Crippen molar-refractivity contribution in [3.8, 4) is 5.75 Å². The lowest BCUT2D eigenvalue weighted by Gasteiger charge is -2.08. The van der Waals surface area contributed by atoms with Crippen LogP contribution in [0.3, 0.4) is 0 Å². The third kappa shape index (κ3) is 3.17. The van der Waals surface area contributed by atoms with Crippen molar-refractivity contribution < 1.29 is 9.53 Å². The van der Waals surface area contributed by atoms with Gasteiger partial charge in [-0.05, 0) is 30.3 Å². The highest BCUT2D eigenvalue weighted by molar-refractivity contribution is 6.32. The summed E-state index contributed by atoms with van der Waals surface area (Å²) in [6, 6.07) is 8.12. The number of methoxy groups -OCH3 is 1. The summed E-state index contributed by atoms with van der Waals surface area (Å²) in [5.41, 5.74) is 3.38. The van der Waals surface area contributed by atoms with Gasteiger partial charge in [0.25, 0.3) is 5.91 Å². The number of hydrogen-bond acceptors (Lipinski definition) is 5. The van der Waals surface area contributed by atoms with E-state index in [1.807, 2.05) is 0 Å². The molecule has 20 heavy (non-hydrogen) atoms. The van der Waals surface area contributed by atoms with Crippen LogP contribution in [0.2, 0.25) is 5.02 Å². The zero-order chi connectivity index (χ0) is 14.5. The first kappa shape index (κ1) is 14.1. The Kier molecular flexibility index (Phi) is 4.39. The van der Waals surface area contributed by atoms with Crippen LogP contribution >= 0.6 is 11.6 Å². The number of nitrogen functional groups attached to an aromatic ring is 1. The van der Waals surface area contributed by atoms with E-state index in [1.165, 1.54) is 13.3 Å². The highest BCUT2D eigenvalue weighted by atomic mass is 35.5. The van der Waals surface area contributed by atoms with Crippen LogP contribution in [0.25, 0.3) is 0 Å². The summed E-state index contributed by atoms with van der Waals surface area (Å²) < 4.78 is 5.04. The smallest absolute Gasteiger partial charge is 0.255 e. The molecule has 0 atom stereocenters. The Morgan fingerprint density at radius 3 is 2.80 bits per heavy atom. The largest absolute Gasteiger partial charge is 0.495 e. The van der Waals surface area contributed by atoms with Crippen LogP contribution in [-0.2, 0) is 0 Å². The number of rotatable bonds is 4. The Hall–Kier alpha value is -2.31. The van der Waals surface area contributed by atoms with Gasteiger partial charge in [-0.15, -0.1) is 0 Å². The van der Waals surface area contributed by atoms with Crippen LogP contribution in [0.4, 0.5) is 11.5 Å². The lowest BCUT2D eigenvalue weighted by Crippen LogP contribution is -2.14. The molecule has 1 amide bonds. The number of hydrogen-bond donors (Lipinski definition) is 3. The molecule has 0 bridgehead atoms. The average molecular weight is 293 g/mol. The molecule has 1 heterocycles. The van der Waals surface area contributed by atoms with Crippen LogP contribution in [0, 0.1) is 0 Å². The quantitative estimate of drug-likeness (QED) is 0.594. The highest BCUT2D eigenvalue weighted by Gasteiger charge is 2.09. The molecule has 0 saturated carbocycles. The van der Waals surface area contributed by atoms with Crippen molar-refractivity contribution >= 4 is 29.0 Å². The van der Waals surface area contributed by atoms with Gasteiger partial charge in [0.1, 0.15) is 11.6 Å². The van der Waals surface area contributed by atoms with E-state index in [1.54, 1.807) is 30.3 Å². The van der Waals surface area contributed by atoms with Gasteiger partial charge in [-0.25, -0.2) is 10.8 Å². The topological polar surface area (TPSA) is 89.3 Å². The number of hydrazine groups is 1. The molecule has 0 spiro atoms. The van der Waals surface area contributed by atoms with E-state index >= 15 is 0 Å². The Balaban J connectivity index is 2.16. The molecule has 0 unspecified atom stereocenters. The maximum absolute atomic E-state index is 12.1. The van der Waals surface area contributed by atoms with E-state index in [2.05, 4.69) is 15.7 Å². The van der Waals surface area contributed by atoms with Crippen molar-refractivity contribution in [2.24, 2.45) is 5.84 Å². The fraction of sp³-hybridized carbons (Fsp3) is 0.0769. The van der Waals surface area contributed by atoms with Crippen molar-refractivity contribution in [2.75, 3.05) is 17.9 Å². The van der Waals surface area contributed by atoms with E-state index in [-0.39, 0.29) is 5.91 Å². The van der Waals surface area contributed by atoms with Crippen molar-refractivity contribution in [3.63, 3.8) is 0 Å². The number of halogens is 1.